The number of ether oxygens (including phenoxy) is 1. The number of alkyl carbamates (subject to hydrolysis) is 1. The van der Waals surface area contributed by atoms with Crippen molar-refractivity contribution in [2.75, 3.05) is 6.61 Å². The van der Waals surface area contributed by atoms with Crippen LogP contribution < -0.4 is 10.6 Å². The van der Waals surface area contributed by atoms with Crippen molar-refractivity contribution in [3.8, 4) is 11.1 Å². The summed E-state index contributed by atoms with van der Waals surface area (Å²) in [6.07, 6.45) is 1.24. The van der Waals surface area contributed by atoms with Crippen LogP contribution in [0.15, 0.2) is 48.5 Å². The summed E-state index contributed by atoms with van der Waals surface area (Å²) in [7, 11) is 0. The zero-order chi connectivity index (χ0) is 23.5. The van der Waals surface area contributed by atoms with Gasteiger partial charge in [-0.3, -0.25) is 4.79 Å². The average Bonchev–Trinajstić information content (AvgIpc) is 3.38. The van der Waals surface area contributed by atoms with Crippen molar-refractivity contribution >= 4 is 18.0 Å². The molecule has 33 heavy (non-hydrogen) atoms. The fraction of sp³-hybridized carbons (Fsp3) is 0.423. The highest BCUT2D eigenvalue weighted by Crippen LogP contribution is 2.44. The van der Waals surface area contributed by atoms with E-state index in [1.165, 1.54) is 11.1 Å². The molecule has 2 aliphatic carbocycles. The van der Waals surface area contributed by atoms with Crippen molar-refractivity contribution in [2.45, 2.75) is 51.1 Å². The number of rotatable bonds is 7. The van der Waals surface area contributed by atoms with E-state index in [0.717, 1.165) is 11.1 Å². The van der Waals surface area contributed by atoms with Gasteiger partial charge in [0.15, 0.2) is 0 Å². The number of benzene rings is 2. The third-order valence-corrected chi connectivity index (χ3v) is 6.70. The number of fused-ring (bicyclic) bond motifs is 3. The van der Waals surface area contributed by atoms with E-state index < -0.39 is 18.1 Å². The topological polar surface area (TPSA) is 105 Å². The predicted molar refractivity (Wildman–Crippen MR) is 124 cm³/mol. The van der Waals surface area contributed by atoms with Crippen LogP contribution in [0.4, 0.5) is 4.79 Å². The number of carbonyl (C=O) groups excluding carboxylic acids is 2. The molecule has 1 saturated carbocycles. The monoisotopic (exact) mass is 450 g/mol. The second kappa shape index (κ2) is 9.65. The van der Waals surface area contributed by atoms with E-state index in [1.54, 1.807) is 13.8 Å². The second-order valence-electron chi connectivity index (χ2n) is 9.25. The Hall–Kier alpha value is -3.35. The highest BCUT2D eigenvalue weighted by atomic mass is 16.5. The van der Waals surface area contributed by atoms with Gasteiger partial charge in [0.25, 0.3) is 0 Å². The van der Waals surface area contributed by atoms with E-state index in [9.17, 15) is 19.5 Å². The minimum absolute atomic E-state index is 0.00533. The third-order valence-electron chi connectivity index (χ3n) is 6.70. The lowest BCUT2D eigenvalue weighted by atomic mass is 9.98. The molecule has 2 aromatic carbocycles. The Morgan fingerprint density at radius 2 is 1.61 bits per heavy atom. The maximum Gasteiger partial charge on any atom is 0.407 e. The maximum atomic E-state index is 12.5. The summed E-state index contributed by atoms with van der Waals surface area (Å²) in [6.45, 7) is 3.76. The second-order valence-corrected chi connectivity index (χ2v) is 9.25. The molecule has 0 aromatic heterocycles. The van der Waals surface area contributed by atoms with E-state index in [2.05, 4.69) is 34.9 Å². The van der Waals surface area contributed by atoms with Gasteiger partial charge in [0.05, 0.1) is 0 Å². The minimum Gasteiger partial charge on any atom is -0.480 e. The van der Waals surface area contributed by atoms with Crippen LogP contribution in [0.25, 0.3) is 11.1 Å². The van der Waals surface area contributed by atoms with Gasteiger partial charge in [-0.15, -0.1) is 0 Å². The van der Waals surface area contributed by atoms with Gasteiger partial charge >= 0.3 is 12.1 Å². The molecule has 0 heterocycles. The lowest BCUT2D eigenvalue weighted by Crippen LogP contribution is -2.46. The molecule has 0 aliphatic heterocycles. The smallest absolute Gasteiger partial charge is 0.407 e. The molecular weight excluding hydrogens is 420 g/mol. The summed E-state index contributed by atoms with van der Waals surface area (Å²) in [5, 5.41) is 14.8. The molecule has 0 radical (unpaired) electrons. The van der Waals surface area contributed by atoms with E-state index in [1.807, 2.05) is 24.3 Å². The predicted octanol–water partition coefficient (Wildman–Crippen LogP) is 3.92. The fourth-order valence-electron chi connectivity index (χ4n) is 4.94. The third kappa shape index (κ3) is 4.87. The SMILES string of the molecule is CC(C)[C@H](NC(=O)[C@H]1CC[C@@H](NC(=O)OCC2c3ccccc3-c3ccccc32)C1)C(=O)O. The normalized spacial score (nSPS) is 20.1. The number of carboxylic acid groups (broad SMARTS) is 1. The number of nitrogens with one attached hydrogen (secondary N) is 2. The molecule has 7 nitrogen and oxygen atoms in total. The zero-order valence-electron chi connectivity index (χ0n) is 18.9. The van der Waals surface area contributed by atoms with Crippen LogP contribution >= 0.6 is 0 Å². The molecule has 0 bridgehead atoms. The van der Waals surface area contributed by atoms with Gasteiger partial charge < -0.3 is 20.5 Å². The van der Waals surface area contributed by atoms with Crippen LogP contribution in [-0.4, -0.2) is 41.8 Å². The molecule has 1 fully saturated rings. The lowest BCUT2D eigenvalue weighted by Gasteiger charge is -2.20. The van der Waals surface area contributed by atoms with Gasteiger partial charge in [-0.1, -0.05) is 62.4 Å². The Balaban J connectivity index is 1.30. The Morgan fingerprint density at radius 1 is 1.00 bits per heavy atom. The number of carboxylic acids is 1. The van der Waals surface area contributed by atoms with Crippen molar-refractivity contribution in [1.82, 2.24) is 10.6 Å². The number of aliphatic carboxylic acids is 1. The number of hydrogen-bond donors (Lipinski definition) is 3. The van der Waals surface area contributed by atoms with Crippen LogP contribution in [0.2, 0.25) is 0 Å². The van der Waals surface area contributed by atoms with Crippen LogP contribution in [0.1, 0.15) is 50.2 Å². The number of carbonyl (C=O) groups is 3. The fourth-order valence-corrected chi connectivity index (χ4v) is 4.94. The molecule has 174 valence electrons. The molecule has 4 rings (SSSR count). The molecular formula is C26H30N2O5. The Bertz CT molecular complexity index is 1000. The number of hydrogen-bond acceptors (Lipinski definition) is 4. The molecule has 2 aliphatic rings. The van der Waals surface area contributed by atoms with Crippen molar-refractivity contribution in [2.24, 2.45) is 11.8 Å². The van der Waals surface area contributed by atoms with E-state index in [4.69, 9.17) is 4.74 Å². The average molecular weight is 451 g/mol. The first-order valence-electron chi connectivity index (χ1n) is 11.5. The zero-order valence-corrected chi connectivity index (χ0v) is 18.9. The Morgan fingerprint density at radius 3 is 2.18 bits per heavy atom. The van der Waals surface area contributed by atoms with Crippen molar-refractivity contribution < 1.29 is 24.2 Å². The van der Waals surface area contributed by atoms with Crippen molar-refractivity contribution in [3.05, 3.63) is 59.7 Å². The first kappa shape index (κ1) is 22.8. The van der Waals surface area contributed by atoms with Gasteiger partial charge in [-0.05, 0) is 47.4 Å². The van der Waals surface area contributed by atoms with Crippen LogP contribution in [0.5, 0.6) is 0 Å². The van der Waals surface area contributed by atoms with Crippen LogP contribution in [0.3, 0.4) is 0 Å². The maximum absolute atomic E-state index is 12.5. The Kier molecular flexibility index (Phi) is 6.67. The highest BCUT2D eigenvalue weighted by molar-refractivity contribution is 5.85. The highest BCUT2D eigenvalue weighted by Gasteiger charge is 2.34. The summed E-state index contributed by atoms with van der Waals surface area (Å²) in [4.78, 5) is 36.4. The minimum atomic E-state index is -1.04. The van der Waals surface area contributed by atoms with E-state index in [-0.39, 0.29) is 36.3 Å². The van der Waals surface area contributed by atoms with Crippen molar-refractivity contribution in [3.63, 3.8) is 0 Å². The number of amides is 2. The Labute approximate surface area is 193 Å². The summed E-state index contributed by atoms with van der Waals surface area (Å²) in [6, 6.07) is 15.3. The summed E-state index contributed by atoms with van der Waals surface area (Å²) in [5.41, 5.74) is 4.66. The van der Waals surface area contributed by atoms with Crippen LogP contribution in [-0.2, 0) is 14.3 Å². The first-order valence-corrected chi connectivity index (χ1v) is 11.5. The molecule has 7 heteroatoms. The molecule has 2 amide bonds. The van der Waals surface area contributed by atoms with Crippen LogP contribution in [0, 0.1) is 11.8 Å². The van der Waals surface area contributed by atoms with Crippen molar-refractivity contribution in [1.29, 1.82) is 0 Å². The standard InChI is InChI=1S/C26H30N2O5/c1-15(2)23(25(30)31)28-24(29)16-11-12-17(13-16)27-26(32)33-14-22-20-9-5-3-7-18(20)19-8-4-6-10-21(19)22/h3-10,15-17,22-23H,11-14H2,1-2H3,(H,27,32)(H,28,29)(H,30,31)/t16-,17+,23-/m0/s1. The molecule has 0 saturated heterocycles. The van der Waals surface area contributed by atoms with Gasteiger partial charge in [-0.25, -0.2) is 9.59 Å². The molecule has 0 spiro atoms. The molecule has 0 unspecified atom stereocenters. The van der Waals surface area contributed by atoms with Gasteiger partial charge in [-0.2, -0.15) is 0 Å². The first-order chi connectivity index (χ1) is 15.8. The molecule has 3 N–H and O–H groups in total. The summed E-state index contributed by atoms with van der Waals surface area (Å²) >= 11 is 0. The van der Waals surface area contributed by atoms with Gasteiger partial charge in [0, 0.05) is 17.9 Å². The largest absolute Gasteiger partial charge is 0.480 e. The summed E-state index contributed by atoms with van der Waals surface area (Å²) in [5.74, 6) is -1.83. The molecule has 2 aromatic rings. The quantitative estimate of drug-likeness (QED) is 0.593. The van der Waals surface area contributed by atoms with Gasteiger partial charge in [0.1, 0.15) is 12.6 Å². The van der Waals surface area contributed by atoms with E-state index in [0.29, 0.717) is 19.3 Å². The van der Waals surface area contributed by atoms with Gasteiger partial charge in [0.2, 0.25) is 5.91 Å². The lowest BCUT2D eigenvalue weighted by molar-refractivity contribution is -0.143. The van der Waals surface area contributed by atoms with E-state index >= 15 is 0 Å². The summed E-state index contributed by atoms with van der Waals surface area (Å²) < 4.78 is 5.60. The molecule has 3 atom stereocenters.